The molecule has 0 saturated heterocycles. The summed E-state index contributed by atoms with van der Waals surface area (Å²) in [6.07, 6.45) is 4.11. The number of aryl methyl sites for hydroxylation is 1. The average molecular weight is 621 g/mol. The van der Waals surface area contributed by atoms with Crippen molar-refractivity contribution in [2.75, 3.05) is 19.4 Å². The summed E-state index contributed by atoms with van der Waals surface area (Å²) in [5.74, 6) is 0.841. The van der Waals surface area contributed by atoms with Crippen molar-refractivity contribution in [2.45, 2.75) is 51.9 Å². The Labute approximate surface area is 265 Å². The molecule has 46 heavy (non-hydrogen) atoms. The third kappa shape index (κ3) is 6.32. The van der Waals surface area contributed by atoms with Crippen LogP contribution in [-0.4, -0.2) is 54.9 Å². The molecular formula is C34H36N8O4. The topological polar surface area (TPSA) is 147 Å². The number of pyridine rings is 1. The highest BCUT2D eigenvalue weighted by Gasteiger charge is 2.30. The summed E-state index contributed by atoms with van der Waals surface area (Å²) in [6, 6.07) is 18.2. The molecule has 1 aliphatic carbocycles. The lowest BCUT2D eigenvalue weighted by Gasteiger charge is -2.11. The first-order valence-electron chi connectivity index (χ1n) is 15.4. The summed E-state index contributed by atoms with van der Waals surface area (Å²) in [6.45, 7) is 3.40. The Bertz CT molecular complexity index is 2000. The molecule has 1 saturated carbocycles. The molecule has 6 rings (SSSR count). The number of hydrogen-bond donors (Lipinski definition) is 3. The number of anilines is 1. The van der Waals surface area contributed by atoms with Crippen molar-refractivity contribution < 1.29 is 9.59 Å². The average Bonchev–Trinajstić information content (AvgIpc) is 3.81. The number of aromatic nitrogens is 5. The van der Waals surface area contributed by atoms with Crippen LogP contribution < -0.4 is 21.9 Å². The minimum atomic E-state index is -0.322. The summed E-state index contributed by atoms with van der Waals surface area (Å²) in [5, 5.41) is 6.22. The highest BCUT2D eigenvalue weighted by atomic mass is 16.2. The van der Waals surface area contributed by atoms with Crippen LogP contribution in [0, 0.1) is 0 Å². The maximum atomic E-state index is 13.1. The van der Waals surface area contributed by atoms with Crippen LogP contribution in [0.4, 0.5) is 5.82 Å². The predicted molar refractivity (Wildman–Crippen MR) is 176 cm³/mol. The molecule has 0 atom stereocenters. The molecule has 0 radical (unpaired) electrons. The summed E-state index contributed by atoms with van der Waals surface area (Å²) in [4.78, 5) is 64.6. The van der Waals surface area contributed by atoms with Gasteiger partial charge in [-0.25, -0.2) is 14.8 Å². The van der Waals surface area contributed by atoms with E-state index in [0.29, 0.717) is 59.1 Å². The van der Waals surface area contributed by atoms with Crippen molar-refractivity contribution in [1.29, 1.82) is 0 Å². The van der Waals surface area contributed by atoms with Crippen molar-refractivity contribution >= 4 is 28.8 Å². The predicted octanol–water partition coefficient (Wildman–Crippen LogP) is 3.94. The number of carbonyl (C=O) groups is 2. The van der Waals surface area contributed by atoms with E-state index >= 15 is 0 Å². The van der Waals surface area contributed by atoms with Crippen molar-refractivity contribution in [3.63, 3.8) is 0 Å². The van der Waals surface area contributed by atoms with Crippen LogP contribution in [0.1, 0.15) is 64.1 Å². The maximum Gasteiger partial charge on any atom is 0.333 e. The molecule has 12 heteroatoms. The molecule has 3 heterocycles. The number of H-pyrrole nitrogens is 1. The minimum absolute atomic E-state index is 0.0278. The van der Waals surface area contributed by atoms with Gasteiger partial charge in [0.2, 0.25) is 0 Å². The highest BCUT2D eigenvalue weighted by Crippen LogP contribution is 2.32. The van der Waals surface area contributed by atoms with Crippen LogP contribution in [-0.2, 0) is 19.6 Å². The van der Waals surface area contributed by atoms with Gasteiger partial charge in [0, 0.05) is 62.7 Å². The zero-order valence-electron chi connectivity index (χ0n) is 26.0. The number of hydrogen-bond acceptors (Lipinski definition) is 7. The quantitative estimate of drug-likeness (QED) is 0.203. The lowest BCUT2D eigenvalue weighted by molar-refractivity contribution is 0.0826. The highest BCUT2D eigenvalue weighted by molar-refractivity contribution is 5.97. The Morgan fingerprint density at radius 2 is 1.61 bits per heavy atom. The molecule has 12 nitrogen and oxygen atoms in total. The van der Waals surface area contributed by atoms with Crippen LogP contribution in [0.2, 0.25) is 0 Å². The SMILES string of the molecule is CCCn1c(=O)n(C2CC2)c(=O)c2[nH]c(-c3ccc(NCc4ccc(CNC(=O)c5ccc(C(=O)N(C)C)cc5)cc4)nc3)nc21. The second kappa shape index (κ2) is 12.8. The third-order valence-corrected chi connectivity index (χ3v) is 7.96. The summed E-state index contributed by atoms with van der Waals surface area (Å²) in [7, 11) is 3.37. The summed E-state index contributed by atoms with van der Waals surface area (Å²) < 4.78 is 2.96. The van der Waals surface area contributed by atoms with Crippen LogP contribution in [0.25, 0.3) is 22.6 Å². The number of imidazole rings is 1. The number of nitrogens with zero attached hydrogens (tertiary/aromatic N) is 5. The Morgan fingerprint density at radius 1 is 0.935 bits per heavy atom. The number of carbonyl (C=O) groups excluding carboxylic acids is 2. The summed E-state index contributed by atoms with van der Waals surface area (Å²) in [5.41, 5.74) is 3.83. The second-order valence-corrected chi connectivity index (χ2v) is 11.7. The van der Waals surface area contributed by atoms with Gasteiger partial charge in [0.05, 0.1) is 0 Å². The van der Waals surface area contributed by atoms with E-state index in [1.54, 1.807) is 49.1 Å². The molecular weight excluding hydrogens is 584 g/mol. The Balaban J connectivity index is 1.06. The molecule has 0 aliphatic heterocycles. The van der Waals surface area contributed by atoms with Gasteiger partial charge in [-0.15, -0.1) is 0 Å². The molecule has 2 amide bonds. The Kier molecular flexibility index (Phi) is 8.51. The first-order chi connectivity index (χ1) is 22.2. The molecule has 0 spiro atoms. The van der Waals surface area contributed by atoms with Gasteiger partial charge in [0.1, 0.15) is 17.2 Å². The molecule has 2 aromatic carbocycles. The second-order valence-electron chi connectivity index (χ2n) is 11.7. The molecule has 1 aliphatic rings. The molecule has 3 N–H and O–H groups in total. The van der Waals surface area contributed by atoms with Gasteiger partial charge in [-0.3, -0.25) is 23.5 Å². The van der Waals surface area contributed by atoms with E-state index in [9.17, 15) is 19.2 Å². The lowest BCUT2D eigenvalue weighted by Crippen LogP contribution is -2.39. The van der Waals surface area contributed by atoms with E-state index in [-0.39, 0.29) is 29.1 Å². The Morgan fingerprint density at radius 3 is 2.22 bits per heavy atom. The normalized spacial score (nSPS) is 12.7. The number of amides is 2. The van der Waals surface area contributed by atoms with Crippen molar-refractivity contribution in [3.8, 4) is 11.4 Å². The van der Waals surface area contributed by atoms with Gasteiger partial charge < -0.3 is 20.5 Å². The smallest absolute Gasteiger partial charge is 0.333 e. The van der Waals surface area contributed by atoms with Gasteiger partial charge in [-0.1, -0.05) is 31.2 Å². The fourth-order valence-corrected chi connectivity index (χ4v) is 5.27. The fourth-order valence-electron chi connectivity index (χ4n) is 5.27. The zero-order valence-corrected chi connectivity index (χ0v) is 26.0. The molecule has 0 bridgehead atoms. The van der Waals surface area contributed by atoms with E-state index in [2.05, 4.69) is 25.6 Å². The van der Waals surface area contributed by atoms with Crippen molar-refractivity contribution in [1.82, 2.24) is 34.3 Å². The first-order valence-corrected chi connectivity index (χ1v) is 15.4. The van der Waals surface area contributed by atoms with E-state index in [0.717, 1.165) is 30.4 Å². The van der Waals surface area contributed by atoms with E-state index in [4.69, 9.17) is 0 Å². The molecule has 5 aromatic rings. The molecule has 3 aromatic heterocycles. The first kappa shape index (κ1) is 30.5. The van der Waals surface area contributed by atoms with Gasteiger partial charge in [0.25, 0.3) is 17.4 Å². The summed E-state index contributed by atoms with van der Waals surface area (Å²) >= 11 is 0. The number of rotatable bonds is 11. The standard InChI is InChI=1S/C34H36N8O4/c1-4-17-41-30-28(33(45)42(34(41)46)26-14-15-26)38-29(39-30)25-13-16-27(36-20-25)35-18-21-5-7-22(8-6-21)19-37-31(43)23-9-11-24(12-10-23)32(44)40(2)3/h5-13,16,20,26H,4,14-15,17-19H2,1-3H3,(H,35,36)(H,37,43)(H,38,39). The van der Waals surface area contributed by atoms with Gasteiger partial charge in [0.15, 0.2) is 5.65 Å². The third-order valence-electron chi connectivity index (χ3n) is 7.96. The number of benzene rings is 2. The van der Waals surface area contributed by atoms with E-state index in [1.165, 1.54) is 9.47 Å². The number of fused-ring (bicyclic) bond motifs is 1. The monoisotopic (exact) mass is 620 g/mol. The Hall–Kier alpha value is -5.52. The minimum Gasteiger partial charge on any atom is -0.366 e. The van der Waals surface area contributed by atoms with Gasteiger partial charge >= 0.3 is 5.69 Å². The number of nitrogens with one attached hydrogen (secondary N) is 3. The molecule has 0 unspecified atom stereocenters. The van der Waals surface area contributed by atoms with E-state index in [1.807, 2.05) is 43.3 Å². The van der Waals surface area contributed by atoms with Crippen LogP contribution in [0.15, 0.2) is 76.4 Å². The molecule has 1 fully saturated rings. The van der Waals surface area contributed by atoms with Gasteiger partial charge in [-0.05, 0) is 66.8 Å². The van der Waals surface area contributed by atoms with Crippen LogP contribution >= 0.6 is 0 Å². The largest absolute Gasteiger partial charge is 0.366 e. The lowest BCUT2D eigenvalue weighted by atomic mass is 10.1. The van der Waals surface area contributed by atoms with Crippen molar-refractivity contribution in [2.24, 2.45) is 0 Å². The van der Waals surface area contributed by atoms with Crippen molar-refractivity contribution in [3.05, 3.63) is 110 Å². The maximum absolute atomic E-state index is 13.1. The van der Waals surface area contributed by atoms with Crippen LogP contribution in [0.3, 0.4) is 0 Å². The zero-order chi connectivity index (χ0) is 32.4. The molecule has 236 valence electrons. The van der Waals surface area contributed by atoms with Gasteiger partial charge in [-0.2, -0.15) is 0 Å². The number of aromatic amines is 1. The van der Waals surface area contributed by atoms with E-state index < -0.39 is 0 Å². The van der Waals surface area contributed by atoms with Crippen LogP contribution in [0.5, 0.6) is 0 Å². The fraction of sp³-hybridized carbons (Fsp3) is 0.294.